The van der Waals surface area contributed by atoms with Gasteiger partial charge in [-0.2, -0.15) is 18.4 Å². The number of nitrogens with zero attached hydrogens (tertiary/aromatic N) is 3. The Bertz CT molecular complexity index is 2180. The molecular weight excluding hydrogens is 602 g/mol. The first kappa shape index (κ1) is 29.9. The molecule has 0 spiro atoms. The third-order valence-corrected chi connectivity index (χ3v) is 8.32. The molecular formula is C39H25F4N3O. The molecule has 5 aromatic carbocycles. The standard InChI is InChI=1S/C39H25F4N3O/c1-38(2)33-20-29(39(41,42)43)14-17-31(33)32-19-28(13-18-35(32)47-38)37-36(45-22-34(46-37)26-5-3-23(21-44)4-6-26)27-9-7-24(8-10-27)25-11-15-30(40)16-12-25/h3-20,22H,1-2H3. The predicted molar refractivity (Wildman–Crippen MR) is 173 cm³/mol. The quantitative estimate of drug-likeness (QED) is 0.183. The number of hydrogen-bond donors (Lipinski definition) is 0. The van der Waals surface area contributed by atoms with Gasteiger partial charge in [-0.25, -0.2) is 9.37 Å². The van der Waals surface area contributed by atoms with Gasteiger partial charge in [0.25, 0.3) is 0 Å². The summed E-state index contributed by atoms with van der Waals surface area (Å²) in [7, 11) is 0. The van der Waals surface area contributed by atoms with Gasteiger partial charge in [0.05, 0.1) is 40.5 Å². The molecule has 0 aliphatic carbocycles. The molecule has 0 N–H and O–H groups in total. The number of fused-ring (bicyclic) bond motifs is 3. The van der Waals surface area contributed by atoms with Gasteiger partial charge in [-0.1, -0.05) is 54.6 Å². The summed E-state index contributed by atoms with van der Waals surface area (Å²) in [5.74, 6) is 0.238. The maximum absolute atomic E-state index is 13.7. The van der Waals surface area contributed by atoms with Crippen LogP contribution in [0.25, 0.3) is 56.0 Å². The van der Waals surface area contributed by atoms with Crippen LogP contribution in [-0.2, 0) is 11.8 Å². The lowest BCUT2D eigenvalue weighted by Gasteiger charge is -2.35. The Labute approximate surface area is 268 Å². The van der Waals surface area contributed by atoms with Crippen molar-refractivity contribution < 1.29 is 22.3 Å². The molecule has 1 aliphatic rings. The Balaban J connectivity index is 1.37. The highest BCUT2D eigenvalue weighted by atomic mass is 19.4. The third-order valence-electron chi connectivity index (χ3n) is 8.32. The van der Waals surface area contributed by atoms with Gasteiger partial charge in [-0.05, 0) is 85.1 Å². The molecule has 0 fully saturated rings. The Kier molecular flexibility index (Phi) is 7.13. The molecule has 8 heteroatoms. The zero-order chi connectivity index (χ0) is 32.9. The topological polar surface area (TPSA) is 58.8 Å². The van der Waals surface area contributed by atoms with Crippen LogP contribution in [0.1, 0.15) is 30.5 Å². The number of halogens is 4. The minimum atomic E-state index is -4.49. The molecule has 230 valence electrons. The molecule has 0 atom stereocenters. The van der Waals surface area contributed by atoms with E-state index in [4.69, 9.17) is 14.7 Å². The molecule has 1 aliphatic heterocycles. The van der Waals surface area contributed by atoms with Gasteiger partial charge in [0.1, 0.15) is 17.2 Å². The number of rotatable bonds is 4. The average Bonchev–Trinajstić information content (AvgIpc) is 3.08. The highest BCUT2D eigenvalue weighted by Crippen LogP contribution is 2.48. The molecule has 2 heterocycles. The summed E-state index contributed by atoms with van der Waals surface area (Å²) in [5.41, 5.74) is 6.28. The molecule has 0 bridgehead atoms. The van der Waals surface area contributed by atoms with Crippen LogP contribution < -0.4 is 4.74 Å². The lowest BCUT2D eigenvalue weighted by atomic mass is 9.84. The van der Waals surface area contributed by atoms with E-state index in [2.05, 4.69) is 6.07 Å². The largest absolute Gasteiger partial charge is 0.482 e. The first-order chi connectivity index (χ1) is 22.5. The molecule has 6 aromatic rings. The van der Waals surface area contributed by atoms with Gasteiger partial charge in [0.2, 0.25) is 0 Å². The Morgan fingerprint density at radius 3 is 1.96 bits per heavy atom. The van der Waals surface area contributed by atoms with Crippen molar-refractivity contribution in [1.82, 2.24) is 9.97 Å². The fraction of sp³-hybridized carbons (Fsp3) is 0.103. The fourth-order valence-corrected chi connectivity index (χ4v) is 5.88. The van der Waals surface area contributed by atoms with Crippen LogP contribution >= 0.6 is 0 Å². The Hall–Kier alpha value is -5.81. The van der Waals surface area contributed by atoms with Crippen molar-refractivity contribution in [3.8, 4) is 67.8 Å². The second-order valence-electron chi connectivity index (χ2n) is 11.8. The number of nitriles is 1. The van der Waals surface area contributed by atoms with E-state index in [-0.39, 0.29) is 5.82 Å². The second-order valence-corrected chi connectivity index (χ2v) is 11.8. The maximum Gasteiger partial charge on any atom is 0.416 e. The van der Waals surface area contributed by atoms with E-state index in [0.29, 0.717) is 50.6 Å². The number of benzene rings is 5. The molecule has 1 aromatic heterocycles. The van der Waals surface area contributed by atoms with Crippen molar-refractivity contribution in [1.29, 1.82) is 5.26 Å². The summed E-state index contributed by atoms with van der Waals surface area (Å²) < 4.78 is 60.7. The zero-order valence-corrected chi connectivity index (χ0v) is 25.2. The van der Waals surface area contributed by atoms with E-state index in [1.54, 1.807) is 56.4 Å². The highest BCUT2D eigenvalue weighted by Gasteiger charge is 2.37. The van der Waals surface area contributed by atoms with E-state index in [1.165, 1.54) is 18.2 Å². The van der Waals surface area contributed by atoms with E-state index in [0.717, 1.165) is 34.4 Å². The van der Waals surface area contributed by atoms with Crippen molar-refractivity contribution in [2.24, 2.45) is 0 Å². The Morgan fingerprint density at radius 1 is 0.681 bits per heavy atom. The van der Waals surface area contributed by atoms with Crippen molar-refractivity contribution in [2.75, 3.05) is 0 Å². The number of aromatic nitrogens is 2. The van der Waals surface area contributed by atoms with Gasteiger partial charge in [0, 0.05) is 27.8 Å². The summed E-state index contributed by atoms with van der Waals surface area (Å²) in [5, 5.41) is 9.25. The smallest absolute Gasteiger partial charge is 0.416 e. The number of hydrogen-bond acceptors (Lipinski definition) is 4. The normalized spacial score (nSPS) is 13.2. The predicted octanol–water partition coefficient (Wildman–Crippen LogP) is 10.5. The van der Waals surface area contributed by atoms with Gasteiger partial charge < -0.3 is 4.74 Å². The second kappa shape index (κ2) is 11.2. The third kappa shape index (κ3) is 5.61. The molecule has 0 unspecified atom stereocenters. The summed E-state index contributed by atoms with van der Waals surface area (Å²) in [6, 6.07) is 32.4. The van der Waals surface area contributed by atoms with E-state index in [1.807, 2.05) is 42.5 Å². The lowest BCUT2D eigenvalue weighted by Crippen LogP contribution is -2.30. The molecule has 0 radical (unpaired) electrons. The maximum atomic E-state index is 13.7. The molecule has 47 heavy (non-hydrogen) atoms. The van der Waals surface area contributed by atoms with Crippen LogP contribution in [-0.4, -0.2) is 9.97 Å². The van der Waals surface area contributed by atoms with Crippen LogP contribution in [0.5, 0.6) is 5.75 Å². The molecule has 0 saturated heterocycles. The van der Waals surface area contributed by atoms with Crippen molar-refractivity contribution in [2.45, 2.75) is 25.6 Å². The van der Waals surface area contributed by atoms with Crippen LogP contribution in [0.15, 0.2) is 115 Å². The fourth-order valence-electron chi connectivity index (χ4n) is 5.88. The van der Waals surface area contributed by atoms with Gasteiger partial charge in [-0.3, -0.25) is 4.98 Å². The Morgan fingerprint density at radius 2 is 1.30 bits per heavy atom. The minimum Gasteiger partial charge on any atom is -0.482 e. The van der Waals surface area contributed by atoms with Gasteiger partial charge >= 0.3 is 6.18 Å². The summed E-state index contributed by atoms with van der Waals surface area (Å²) >= 11 is 0. The van der Waals surface area contributed by atoms with Gasteiger partial charge in [-0.15, -0.1) is 0 Å². The zero-order valence-electron chi connectivity index (χ0n) is 25.2. The van der Waals surface area contributed by atoms with Crippen LogP contribution in [0.2, 0.25) is 0 Å². The highest BCUT2D eigenvalue weighted by molar-refractivity contribution is 5.86. The summed E-state index contributed by atoms with van der Waals surface area (Å²) in [6.07, 6.45) is -2.82. The monoisotopic (exact) mass is 627 g/mol. The van der Waals surface area contributed by atoms with Crippen molar-refractivity contribution in [3.63, 3.8) is 0 Å². The first-order valence-electron chi connectivity index (χ1n) is 14.8. The minimum absolute atomic E-state index is 0.310. The molecule has 7 rings (SSSR count). The SMILES string of the molecule is CC1(C)Oc2ccc(-c3nc(-c4ccc(C#N)cc4)cnc3-c3ccc(-c4ccc(F)cc4)cc3)cc2-c2ccc(C(F)(F)F)cc21. The first-order valence-corrected chi connectivity index (χ1v) is 14.8. The van der Waals surface area contributed by atoms with Crippen LogP contribution in [0.4, 0.5) is 17.6 Å². The van der Waals surface area contributed by atoms with Crippen molar-refractivity contribution in [3.05, 3.63) is 138 Å². The summed E-state index contributed by atoms with van der Waals surface area (Å²) in [6.45, 7) is 3.51. The number of alkyl halides is 3. The van der Waals surface area contributed by atoms with E-state index in [9.17, 15) is 22.8 Å². The molecule has 0 saturated carbocycles. The summed E-state index contributed by atoms with van der Waals surface area (Å²) in [4.78, 5) is 9.88. The molecule has 4 nitrogen and oxygen atoms in total. The molecule has 0 amide bonds. The van der Waals surface area contributed by atoms with Crippen LogP contribution in [0, 0.1) is 17.1 Å². The van der Waals surface area contributed by atoms with Crippen molar-refractivity contribution >= 4 is 0 Å². The average molecular weight is 628 g/mol. The van der Waals surface area contributed by atoms with Crippen LogP contribution in [0.3, 0.4) is 0 Å². The lowest BCUT2D eigenvalue weighted by molar-refractivity contribution is -0.137. The van der Waals surface area contributed by atoms with Gasteiger partial charge in [0.15, 0.2) is 0 Å². The van der Waals surface area contributed by atoms with E-state index < -0.39 is 17.3 Å². The van der Waals surface area contributed by atoms with E-state index >= 15 is 0 Å². The number of ether oxygens (including phenoxy) is 1.